The van der Waals surface area contributed by atoms with Crippen molar-refractivity contribution in [2.45, 2.75) is 0 Å². The molecule has 0 aliphatic carbocycles. The number of nitrogens with zero attached hydrogens (tertiary/aromatic N) is 3. The van der Waals surface area contributed by atoms with E-state index in [1.165, 1.54) is 10.8 Å². The first kappa shape index (κ1) is 29.0. The van der Waals surface area contributed by atoms with Gasteiger partial charge in [-0.3, -0.25) is 4.90 Å². The number of benzene rings is 7. The summed E-state index contributed by atoms with van der Waals surface area (Å²) >= 11 is 0. The van der Waals surface area contributed by atoms with Crippen LogP contribution in [0.5, 0.6) is 0 Å². The highest BCUT2D eigenvalue weighted by Gasteiger charge is 2.20. The van der Waals surface area contributed by atoms with Crippen LogP contribution >= 0.6 is 0 Å². The van der Waals surface area contributed by atoms with Gasteiger partial charge in [0.1, 0.15) is 22.5 Å². The van der Waals surface area contributed by atoms with Crippen LogP contribution in [0.4, 0.5) is 17.2 Å². The normalized spacial score (nSPS) is 11.5. The minimum Gasteiger partial charge on any atom is -0.456 e. The highest BCUT2D eigenvalue weighted by Crippen LogP contribution is 2.42. The van der Waals surface area contributed by atoms with Gasteiger partial charge in [0, 0.05) is 39.8 Å². The van der Waals surface area contributed by atoms with Gasteiger partial charge in [-0.25, -0.2) is 9.97 Å². The molecule has 10 aromatic rings. The number of para-hydroxylation sites is 2. The van der Waals surface area contributed by atoms with Gasteiger partial charge < -0.3 is 8.83 Å². The molecule has 0 amide bonds. The molecule has 0 bridgehead atoms. The van der Waals surface area contributed by atoms with Crippen molar-refractivity contribution >= 4 is 61.0 Å². The first-order valence-corrected chi connectivity index (χ1v) is 17.0. The summed E-state index contributed by atoms with van der Waals surface area (Å²) in [7, 11) is 0. The zero-order chi connectivity index (χ0) is 33.7. The average molecular weight is 656 g/mol. The molecular weight excluding hydrogens is 627 g/mol. The lowest BCUT2D eigenvalue weighted by molar-refractivity contribution is 0.620. The smallest absolute Gasteiger partial charge is 0.228 e. The van der Waals surface area contributed by atoms with Gasteiger partial charge in [-0.15, -0.1) is 0 Å². The van der Waals surface area contributed by atoms with E-state index >= 15 is 0 Å². The van der Waals surface area contributed by atoms with Crippen molar-refractivity contribution in [3.8, 4) is 33.7 Å². The summed E-state index contributed by atoms with van der Waals surface area (Å²) < 4.78 is 12.7. The molecule has 3 aromatic heterocycles. The van der Waals surface area contributed by atoms with Crippen LogP contribution in [0.3, 0.4) is 0 Å². The van der Waals surface area contributed by atoms with Crippen molar-refractivity contribution in [1.82, 2.24) is 9.97 Å². The number of aromatic nitrogens is 2. The molecule has 51 heavy (non-hydrogen) atoms. The van der Waals surface area contributed by atoms with Crippen LogP contribution in [0, 0.1) is 0 Å². The highest BCUT2D eigenvalue weighted by atomic mass is 16.3. The lowest BCUT2D eigenvalue weighted by atomic mass is 10.0. The number of hydrogen-bond acceptors (Lipinski definition) is 5. The average Bonchev–Trinajstić information content (AvgIpc) is 3.80. The number of anilines is 3. The van der Waals surface area contributed by atoms with Gasteiger partial charge in [0.15, 0.2) is 5.58 Å². The van der Waals surface area contributed by atoms with Crippen LogP contribution in [0.1, 0.15) is 0 Å². The molecule has 0 saturated carbocycles. The van der Waals surface area contributed by atoms with Gasteiger partial charge in [0.25, 0.3) is 0 Å². The van der Waals surface area contributed by atoms with Gasteiger partial charge in [0.2, 0.25) is 5.89 Å². The molecule has 0 aliphatic heterocycles. The van der Waals surface area contributed by atoms with Crippen LogP contribution in [-0.4, -0.2) is 9.97 Å². The van der Waals surface area contributed by atoms with Crippen LogP contribution in [0.2, 0.25) is 0 Å². The van der Waals surface area contributed by atoms with Crippen molar-refractivity contribution in [3.05, 3.63) is 176 Å². The van der Waals surface area contributed by atoms with Crippen molar-refractivity contribution in [1.29, 1.82) is 0 Å². The standard InChI is InChI=1S/C46H29N3O2/c1-2-10-30(11-3-1)33-14-8-15-36(27-33)49(44-25-22-35(29-47-44)34-21-20-31-12-4-5-13-32(31)26-34)37-23-24-38-43(28-37)50-42-19-9-16-39(45(38)42)46-48-40-17-6-7-18-41(40)51-46/h1-29H. The number of fused-ring (bicyclic) bond motifs is 5. The zero-order valence-corrected chi connectivity index (χ0v) is 27.4. The summed E-state index contributed by atoms with van der Waals surface area (Å²) in [4.78, 5) is 12.0. The number of oxazole rings is 1. The summed E-state index contributed by atoms with van der Waals surface area (Å²) in [6.45, 7) is 0. The Morgan fingerprint density at radius 2 is 1.20 bits per heavy atom. The summed E-state index contributed by atoms with van der Waals surface area (Å²) in [5.74, 6) is 1.37. The van der Waals surface area contributed by atoms with Crippen LogP contribution in [-0.2, 0) is 0 Å². The molecule has 5 heteroatoms. The molecule has 0 fully saturated rings. The quantitative estimate of drug-likeness (QED) is 0.178. The molecule has 0 saturated heterocycles. The van der Waals surface area contributed by atoms with E-state index in [0.29, 0.717) is 5.89 Å². The van der Waals surface area contributed by atoms with Gasteiger partial charge in [-0.2, -0.15) is 0 Å². The fourth-order valence-corrected chi connectivity index (χ4v) is 7.05. The Morgan fingerprint density at radius 1 is 0.451 bits per heavy atom. The second-order valence-corrected chi connectivity index (χ2v) is 12.7. The van der Waals surface area contributed by atoms with Crippen LogP contribution < -0.4 is 4.90 Å². The fraction of sp³-hybridized carbons (Fsp3) is 0. The maximum absolute atomic E-state index is 6.54. The molecule has 0 radical (unpaired) electrons. The molecule has 5 nitrogen and oxygen atoms in total. The zero-order valence-electron chi connectivity index (χ0n) is 27.4. The third-order valence-corrected chi connectivity index (χ3v) is 9.53. The Bertz CT molecular complexity index is 2840. The van der Waals surface area contributed by atoms with Gasteiger partial charge in [-0.1, -0.05) is 97.1 Å². The molecule has 0 N–H and O–H groups in total. The maximum atomic E-state index is 6.54. The maximum Gasteiger partial charge on any atom is 0.228 e. The highest BCUT2D eigenvalue weighted by molar-refractivity contribution is 6.12. The third kappa shape index (κ3) is 5.11. The summed E-state index contributed by atoms with van der Waals surface area (Å²) in [5.41, 5.74) is 10.4. The van der Waals surface area contributed by atoms with E-state index in [-0.39, 0.29) is 0 Å². The third-order valence-electron chi connectivity index (χ3n) is 9.53. The Morgan fingerprint density at radius 3 is 2.08 bits per heavy atom. The van der Waals surface area contributed by atoms with Crippen molar-refractivity contribution in [2.24, 2.45) is 0 Å². The van der Waals surface area contributed by atoms with Gasteiger partial charge in [-0.05, 0) is 94.2 Å². The monoisotopic (exact) mass is 655 g/mol. The molecular formula is C46H29N3O2. The summed E-state index contributed by atoms with van der Waals surface area (Å²) in [5, 5.41) is 4.39. The second-order valence-electron chi connectivity index (χ2n) is 12.7. The molecule has 0 unspecified atom stereocenters. The minimum atomic E-state index is 0.573. The number of rotatable bonds is 6. The summed E-state index contributed by atoms with van der Waals surface area (Å²) in [6, 6.07) is 58.4. The minimum absolute atomic E-state index is 0.573. The summed E-state index contributed by atoms with van der Waals surface area (Å²) in [6.07, 6.45) is 1.96. The predicted octanol–water partition coefficient (Wildman–Crippen LogP) is 12.7. The topological polar surface area (TPSA) is 55.3 Å². The van der Waals surface area contributed by atoms with E-state index in [2.05, 4.69) is 126 Å². The first-order valence-electron chi connectivity index (χ1n) is 17.0. The Labute approximate surface area is 293 Å². The van der Waals surface area contributed by atoms with E-state index in [9.17, 15) is 0 Å². The van der Waals surface area contributed by atoms with E-state index in [1.807, 2.05) is 54.7 Å². The SMILES string of the molecule is c1ccc(-c2cccc(N(c3ccc4c(c3)oc3cccc(-c5nc6ccccc6o5)c34)c3ccc(-c4ccc5ccccc5c4)cn3)c2)cc1. The van der Waals surface area contributed by atoms with Crippen molar-refractivity contribution < 1.29 is 8.83 Å². The first-order chi connectivity index (χ1) is 25.2. The molecule has 0 aliphatic rings. The van der Waals surface area contributed by atoms with E-state index < -0.39 is 0 Å². The van der Waals surface area contributed by atoms with Gasteiger partial charge >= 0.3 is 0 Å². The molecule has 240 valence electrons. The Kier molecular flexibility index (Phi) is 6.74. The number of hydrogen-bond donors (Lipinski definition) is 0. The molecule has 7 aromatic carbocycles. The lowest BCUT2D eigenvalue weighted by Gasteiger charge is -2.25. The predicted molar refractivity (Wildman–Crippen MR) is 208 cm³/mol. The number of furan rings is 1. The Balaban J connectivity index is 1.10. The van der Waals surface area contributed by atoms with Crippen LogP contribution in [0.15, 0.2) is 185 Å². The lowest BCUT2D eigenvalue weighted by Crippen LogP contribution is -2.11. The largest absolute Gasteiger partial charge is 0.456 e. The molecule has 3 heterocycles. The fourth-order valence-electron chi connectivity index (χ4n) is 7.05. The molecule has 0 atom stereocenters. The van der Waals surface area contributed by atoms with E-state index in [0.717, 1.165) is 78.0 Å². The van der Waals surface area contributed by atoms with Crippen molar-refractivity contribution in [2.75, 3.05) is 4.90 Å². The van der Waals surface area contributed by atoms with Crippen LogP contribution in [0.25, 0.3) is 77.5 Å². The van der Waals surface area contributed by atoms with Gasteiger partial charge in [0.05, 0.1) is 5.69 Å². The van der Waals surface area contributed by atoms with E-state index in [1.54, 1.807) is 0 Å². The molecule has 10 rings (SSSR count). The molecule has 0 spiro atoms. The second kappa shape index (κ2) is 11.9. The number of pyridine rings is 1. The Hall–Kier alpha value is -6.98. The van der Waals surface area contributed by atoms with E-state index in [4.69, 9.17) is 18.8 Å². The van der Waals surface area contributed by atoms with Crippen molar-refractivity contribution in [3.63, 3.8) is 0 Å².